The van der Waals surface area contributed by atoms with Crippen molar-refractivity contribution in [3.05, 3.63) is 71.5 Å². The predicted octanol–water partition coefficient (Wildman–Crippen LogP) is 4.25. The van der Waals surface area contributed by atoms with Crippen LogP contribution < -0.4 is 5.32 Å². The van der Waals surface area contributed by atoms with E-state index >= 15 is 0 Å². The second-order valence-corrected chi connectivity index (χ2v) is 9.89. The lowest BCUT2D eigenvalue weighted by molar-refractivity contribution is -0.122. The molecule has 0 saturated heterocycles. The van der Waals surface area contributed by atoms with Crippen molar-refractivity contribution in [1.29, 1.82) is 0 Å². The number of carbonyl (C=O) groups is 2. The number of nitrogens with zero attached hydrogens (tertiary/aromatic N) is 3. The summed E-state index contributed by atoms with van der Waals surface area (Å²) in [6.45, 7) is 2.07. The number of hydrogen-bond donors (Lipinski definition) is 1. The summed E-state index contributed by atoms with van der Waals surface area (Å²) in [7, 11) is 6.22. The maximum atomic E-state index is 13.0. The molecule has 180 valence electrons. The molecule has 0 fully saturated rings. The molecule has 0 aliphatic carbocycles. The summed E-state index contributed by atoms with van der Waals surface area (Å²) >= 11 is 0. The van der Waals surface area contributed by atoms with E-state index in [1.807, 2.05) is 48.1 Å². The van der Waals surface area contributed by atoms with Gasteiger partial charge in [0.2, 0.25) is 0 Å². The van der Waals surface area contributed by atoms with E-state index in [1.165, 1.54) is 11.1 Å². The van der Waals surface area contributed by atoms with E-state index in [2.05, 4.69) is 47.1 Å². The summed E-state index contributed by atoms with van der Waals surface area (Å²) in [5, 5.41) is 4.69. The molecular formula is C28H29ClN4O2. The fourth-order valence-electron chi connectivity index (χ4n) is 5.81. The quantitative estimate of drug-likeness (QED) is 0.437. The molecule has 2 aromatic carbocycles. The van der Waals surface area contributed by atoms with Gasteiger partial charge in [0.25, 0.3) is 11.8 Å². The zero-order valence-corrected chi connectivity index (χ0v) is 21.0. The number of benzene rings is 2. The number of imide groups is 1. The molecule has 1 atom stereocenters. The Morgan fingerprint density at radius 1 is 1.00 bits per heavy atom. The van der Waals surface area contributed by atoms with Crippen molar-refractivity contribution in [1.82, 2.24) is 19.4 Å². The van der Waals surface area contributed by atoms with Crippen LogP contribution in [0.25, 0.3) is 33.0 Å². The Balaban J connectivity index is 0.00000253. The number of carbonyl (C=O) groups excluding carboxylic acids is 2. The maximum absolute atomic E-state index is 13.0. The first kappa shape index (κ1) is 23.4. The molecule has 2 amide bonds. The summed E-state index contributed by atoms with van der Waals surface area (Å²) in [5.74, 6) is -0.00546. The molecule has 0 bridgehead atoms. The molecular weight excluding hydrogens is 460 g/mol. The van der Waals surface area contributed by atoms with Crippen LogP contribution in [-0.2, 0) is 29.6 Å². The van der Waals surface area contributed by atoms with Crippen molar-refractivity contribution in [2.24, 2.45) is 13.0 Å². The zero-order chi connectivity index (χ0) is 23.6. The van der Waals surface area contributed by atoms with Crippen LogP contribution in [0.4, 0.5) is 0 Å². The molecule has 6 rings (SSSR count). The Morgan fingerprint density at radius 3 is 2.57 bits per heavy atom. The number of nitrogens with one attached hydrogen (secondary N) is 1. The fourth-order valence-corrected chi connectivity index (χ4v) is 5.81. The van der Waals surface area contributed by atoms with Gasteiger partial charge in [0.15, 0.2) is 0 Å². The van der Waals surface area contributed by atoms with Gasteiger partial charge < -0.3 is 14.0 Å². The molecule has 0 saturated carbocycles. The molecule has 1 N–H and O–H groups in total. The molecule has 1 unspecified atom stereocenters. The zero-order valence-electron chi connectivity index (χ0n) is 20.2. The number of fused-ring (bicyclic) bond motifs is 4. The first-order chi connectivity index (χ1) is 16.4. The Hall–Kier alpha value is -3.35. The third kappa shape index (κ3) is 3.77. The van der Waals surface area contributed by atoms with Crippen molar-refractivity contribution in [3.8, 4) is 0 Å². The number of aromatic nitrogens is 2. The molecule has 7 heteroatoms. The Kier molecular flexibility index (Phi) is 5.82. The van der Waals surface area contributed by atoms with Crippen LogP contribution in [0, 0.1) is 5.92 Å². The highest BCUT2D eigenvalue weighted by molar-refractivity contribution is 6.50. The summed E-state index contributed by atoms with van der Waals surface area (Å²) < 4.78 is 4.39. The van der Waals surface area contributed by atoms with Crippen molar-refractivity contribution < 1.29 is 9.59 Å². The second-order valence-electron chi connectivity index (χ2n) is 9.89. The van der Waals surface area contributed by atoms with E-state index in [9.17, 15) is 9.59 Å². The van der Waals surface area contributed by atoms with Crippen molar-refractivity contribution in [2.75, 3.05) is 20.6 Å². The van der Waals surface area contributed by atoms with Gasteiger partial charge in [-0.3, -0.25) is 14.9 Å². The molecule has 35 heavy (non-hydrogen) atoms. The monoisotopic (exact) mass is 488 g/mol. The van der Waals surface area contributed by atoms with Gasteiger partial charge in [-0.1, -0.05) is 30.3 Å². The lowest BCUT2D eigenvalue weighted by atomic mass is 9.95. The Bertz CT molecular complexity index is 1520. The highest BCUT2D eigenvalue weighted by Crippen LogP contribution is 2.37. The van der Waals surface area contributed by atoms with E-state index in [0.717, 1.165) is 53.5 Å². The standard InChI is InChI=1S/C28H28N4O2.ClH/c1-30(2)15-17-10-11-32-20(12-17)13-18-8-9-19(14-24(18)32)25-26(28(34)29-27(25)33)22-16-31(3)23-7-5-4-6-21(22)23;/h4-9,13-14,16-17H,10-12,15H2,1-3H3,(H,29,33,34);1H. The van der Waals surface area contributed by atoms with Gasteiger partial charge in [0.05, 0.1) is 11.1 Å². The third-order valence-electron chi connectivity index (χ3n) is 7.26. The highest BCUT2D eigenvalue weighted by Gasteiger charge is 2.34. The largest absolute Gasteiger partial charge is 0.350 e. The Labute approximate surface area is 210 Å². The third-order valence-corrected chi connectivity index (χ3v) is 7.26. The second kappa shape index (κ2) is 8.70. The predicted molar refractivity (Wildman–Crippen MR) is 142 cm³/mol. The van der Waals surface area contributed by atoms with Gasteiger partial charge in [-0.15, -0.1) is 12.4 Å². The fraction of sp³-hybridized carbons (Fsp3) is 0.286. The van der Waals surface area contributed by atoms with Gasteiger partial charge in [0.1, 0.15) is 0 Å². The van der Waals surface area contributed by atoms with E-state index in [-0.39, 0.29) is 24.2 Å². The molecule has 6 nitrogen and oxygen atoms in total. The van der Waals surface area contributed by atoms with Gasteiger partial charge in [-0.05, 0) is 62.0 Å². The molecule has 2 aliphatic heterocycles. The SMILES string of the molecule is CN(C)CC1CCn2c(cc3ccc(C4=C(c5cn(C)c6ccccc56)C(=O)NC4=O)cc32)C1.Cl. The minimum atomic E-state index is -0.333. The average molecular weight is 489 g/mol. The maximum Gasteiger partial charge on any atom is 0.259 e. The number of halogens is 1. The summed E-state index contributed by atoms with van der Waals surface area (Å²) in [4.78, 5) is 28.3. The van der Waals surface area contributed by atoms with Crippen molar-refractivity contribution in [2.45, 2.75) is 19.4 Å². The van der Waals surface area contributed by atoms with E-state index in [0.29, 0.717) is 17.1 Å². The van der Waals surface area contributed by atoms with Crippen LogP contribution in [-0.4, -0.2) is 46.5 Å². The van der Waals surface area contributed by atoms with E-state index in [4.69, 9.17) is 0 Å². The van der Waals surface area contributed by atoms with Crippen LogP contribution in [0.2, 0.25) is 0 Å². The van der Waals surface area contributed by atoms with Gasteiger partial charge >= 0.3 is 0 Å². The van der Waals surface area contributed by atoms with Crippen LogP contribution in [0.3, 0.4) is 0 Å². The van der Waals surface area contributed by atoms with Crippen LogP contribution >= 0.6 is 12.4 Å². The normalized spacial score (nSPS) is 17.9. The highest BCUT2D eigenvalue weighted by atomic mass is 35.5. The molecule has 0 spiro atoms. The molecule has 2 aromatic heterocycles. The first-order valence-corrected chi connectivity index (χ1v) is 11.8. The molecule has 4 aromatic rings. The minimum absolute atomic E-state index is 0. The number of rotatable bonds is 4. The van der Waals surface area contributed by atoms with Crippen molar-refractivity contribution in [3.63, 3.8) is 0 Å². The van der Waals surface area contributed by atoms with Crippen LogP contribution in [0.1, 0.15) is 23.2 Å². The lowest BCUT2D eigenvalue weighted by Gasteiger charge is -2.27. The van der Waals surface area contributed by atoms with Crippen molar-refractivity contribution >= 4 is 57.2 Å². The number of hydrogen-bond acceptors (Lipinski definition) is 3. The minimum Gasteiger partial charge on any atom is -0.350 e. The lowest BCUT2D eigenvalue weighted by Crippen LogP contribution is -2.28. The van der Waals surface area contributed by atoms with Crippen LogP contribution in [0.5, 0.6) is 0 Å². The molecule has 0 radical (unpaired) electrons. The average Bonchev–Trinajstić information content (AvgIpc) is 3.43. The summed E-state index contributed by atoms with van der Waals surface area (Å²) in [6.07, 6.45) is 4.15. The first-order valence-electron chi connectivity index (χ1n) is 11.8. The van der Waals surface area contributed by atoms with Gasteiger partial charge in [-0.2, -0.15) is 0 Å². The van der Waals surface area contributed by atoms with E-state index in [1.54, 1.807) is 0 Å². The topological polar surface area (TPSA) is 59.3 Å². The number of aryl methyl sites for hydroxylation is 2. The van der Waals surface area contributed by atoms with Gasteiger partial charge in [0, 0.05) is 54.0 Å². The molecule has 4 heterocycles. The summed E-state index contributed by atoms with van der Waals surface area (Å²) in [6, 6.07) is 16.4. The molecule has 2 aliphatic rings. The summed E-state index contributed by atoms with van der Waals surface area (Å²) in [5.41, 5.74) is 6.00. The Morgan fingerprint density at radius 2 is 1.77 bits per heavy atom. The van der Waals surface area contributed by atoms with E-state index < -0.39 is 0 Å². The van der Waals surface area contributed by atoms with Crippen LogP contribution in [0.15, 0.2) is 54.7 Å². The smallest absolute Gasteiger partial charge is 0.259 e. The number of amides is 2. The van der Waals surface area contributed by atoms with Gasteiger partial charge in [-0.25, -0.2) is 0 Å². The number of para-hydroxylation sites is 1.